The topological polar surface area (TPSA) is 29.0 Å². The summed E-state index contributed by atoms with van der Waals surface area (Å²) in [5.41, 5.74) is 1.03. The lowest BCUT2D eigenvalue weighted by Gasteiger charge is -2.45. The highest BCUT2D eigenvalue weighted by atomic mass is 35.5. The first-order valence-corrected chi connectivity index (χ1v) is 7.39. The van der Waals surface area contributed by atoms with Crippen molar-refractivity contribution >= 4 is 17.4 Å². The van der Waals surface area contributed by atoms with E-state index < -0.39 is 0 Å². The minimum atomic E-state index is 0.595. The van der Waals surface area contributed by atoms with Gasteiger partial charge in [-0.25, -0.2) is 9.97 Å². The van der Waals surface area contributed by atoms with Crippen LogP contribution in [0.4, 0.5) is 5.82 Å². The van der Waals surface area contributed by atoms with Gasteiger partial charge in [0.25, 0.3) is 0 Å². The molecule has 1 aromatic rings. The maximum atomic E-state index is 6.13. The van der Waals surface area contributed by atoms with Gasteiger partial charge in [-0.1, -0.05) is 24.4 Å². The smallest absolute Gasteiger partial charge is 0.137 e. The number of hydrogen-bond donors (Lipinski definition) is 0. The minimum absolute atomic E-state index is 0.595. The minimum Gasteiger partial charge on any atom is -0.353 e. The molecule has 3 nitrogen and oxygen atoms in total. The molecule has 18 heavy (non-hydrogen) atoms. The Morgan fingerprint density at radius 1 is 1.17 bits per heavy atom. The lowest BCUT2D eigenvalue weighted by molar-refractivity contribution is 0.242. The molecular weight excluding hydrogens is 246 g/mol. The third-order valence-electron chi connectivity index (χ3n) is 4.51. The summed E-state index contributed by atoms with van der Waals surface area (Å²) in [4.78, 5) is 11.0. The lowest BCUT2D eigenvalue weighted by atomic mass is 9.78. The van der Waals surface area contributed by atoms with E-state index in [1.807, 2.05) is 6.92 Å². The second-order valence-electron chi connectivity index (χ2n) is 5.56. The predicted octanol–water partition coefficient (Wildman–Crippen LogP) is 3.60. The number of hydrogen-bond acceptors (Lipinski definition) is 3. The van der Waals surface area contributed by atoms with Crippen LogP contribution in [-0.2, 0) is 0 Å². The second kappa shape index (κ2) is 5.04. The second-order valence-corrected chi connectivity index (χ2v) is 5.92. The average Bonchev–Trinajstić information content (AvgIpc) is 2.41. The van der Waals surface area contributed by atoms with Gasteiger partial charge in [0, 0.05) is 18.2 Å². The summed E-state index contributed by atoms with van der Waals surface area (Å²) in [6.07, 6.45) is 9.72. The molecule has 0 radical (unpaired) electrons. The van der Waals surface area contributed by atoms with Crippen LogP contribution in [0.15, 0.2) is 6.33 Å². The van der Waals surface area contributed by atoms with E-state index in [0.29, 0.717) is 11.2 Å². The van der Waals surface area contributed by atoms with Crippen molar-refractivity contribution in [3.8, 4) is 0 Å². The molecule has 2 atom stereocenters. The fraction of sp³-hybridized carbons (Fsp3) is 0.714. The maximum absolute atomic E-state index is 6.13. The number of piperidine rings is 1. The number of fused-ring (bicyclic) bond motifs is 1. The Hall–Kier alpha value is -0.830. The molecule has 2 heterocycles. The zero-order chi connectivity index (χ0) is 12.5. The van der Waals surface area contributed by atoms with Crippen LogP contribution >= 0.6 is 11.6 Å². The van der Waals surface area contributed by atoms with E-state index >= 15 is 0 Å². The van der Waals surface area contributed by atoms with Crippen LogP contribution in [0.3, 0.4) is 0 Å². The van der Waals surface area contributed by atoms with Crippen molar-refractivity contribution in [2.24, 2.45) is 5.92 Å². The Morgan fingerprint density at radius 2 is 1.94 bits per heavy atom. The van der Waals surface area contributed by atoms with Gasteiger partial charge in [-0.15, -0.1) is 0 Å². The molecule has 98 valence electrons. The van der Waals surface area contributed by atoms with Crippen molar-refractivity contribution < 1.29 is 0 Å². The summed E-state index contributed by atoms with van der Waals surface area (Å²) in [6, 6.07) is 0.678. The van der Waals surface area contributed by atoms with Gasteiger partial charge in [0.15, 0.2) is 0 Å². The first-order valence-electron chi connectivity index (χ1n) is 7.01. The molecule has 0 N–H and O–H groups in total. The van der Waals surface area contributed by atoms with Gasteiger partial charge in [0.2, 0.25) is 0 Å². The Bertz CT molecular complexity index is 433. The van der Waals surface area contributed by atoms with Crippen LogP contribution in [-0.4, -0.2) is 22.6 Å². The van der Waals surface area contributed by atoms with E-state index in [9.17, 15) is 0 Å². The number of rotatable bonds is 1. The molecule has 0 spiro atoms. The predicted molar refractivity (Wildman–Crippen MR) is 74.1 cm³/mol. The third-order valence-corrected chi connectivity index (χ3v) is 4.89. The Labute approximate surface area is 114 Å². The van der Waals surface area contributed by atoms with Crippen LogP contribution in [0.25, 0.3) is 0 Å². The molecule has 2 unspecified atom stereocenters. The van der Waals surface area contributed by atoms with Crippen molar-refractivity contribution in [3.63, 3.8) is 0 Å². The Morgan fingerprint density at radius 3 is 2.83 bits per heavy atom. The van der Waals surface area contributed by atoms with E-state index in [2.05, 4.69) is 14.9 Å². The summed E-state index contributed by atoms with van der Waals surface area (Å²) in [5, 5.41) is 0.595. The SMILES string of the molecule is Cc1c(Cl)ncnc1N1CCCC2CCCCC21. The standard InChI is InChI=1S/C14H20ClN3/c1-10-13(15)16-9-17-14(10)18-8-4-6-11-5-2-3-7-12(11)18/h9,11-12H,2-8H2,1H3. The molecule has 0 bridgehead atoms. The largest absolute Gasteiger partial charge is 0.353 e. The van der Waals surface area contributed by atoms with E-state index in [0.717, 1.165) is 23.8 Å². The summed E-state index contributed by atoms with van der Waals surface area (Å²) >= 11 is 6.13. The van der Waals surface area contributed by atoms with E-state index in [1.54, 1.807) is 6.33 Å². The average molecular weight is 266 g/mol. The van der Waals surface area contributed by atoms with Gasteiger partial charge >= 0.3 is 0 Å². The van der Waals surface area contributed by atoms with Crippen molar-refractivity contribution in [2.45, 2.75) is 51.5 Å². The first-order chi connectivity index (χ1) is 8.77. The summed E-state index contributed by atoms with van der Waals surface area (Å²) in [5.74, 6) is 1.92. The van der Waals surface area contributed by atoms with Crippen molar-refractivity contribution in [1.29, 1.82) is 0 Å². The van der Waals surface area contributed by atoms with E-state index in [1.165, 1.54) is 38.5 Å². The Balaban J connectivity index is 1.92. The highest BCUT2D eigenvalue weighted by Gasteiger charge is 2.34. The van der Waals surface area contributed by atoms with Gasteiger partial charge < -0.3 is 4.90 Å². The van der Waals surface area contributed by atoms with Crippen LogP contribution in [0.5, 0.6) is 0 Å². The van der Waals surface area contributed by atoms with Crippen LogP contribution in [0.2, 0.25) is 5.15 Å². The highest BCUT2D eigenvalue weighted by molar-refractivity contribution is 6.30. The fourth-order valence-corrected chi connectivity index (χ4v) is 3.73. The number of aromatic nitrogens is 2. The van der Waals surface area contributed by atoms with Gasteiger partial charge in [-0.05, 0) is 38.5 Å². The van der Waals surface area contributed by atoms with Gasteiger partial charge in [0.05, 0.1) is 0 Å². The maximum Gasteiger partial charge on any atom is 0.137 e. The number of anilines is 1. The van der Waals surface area contributed by atoms with E-state index in [4.69, 9.17) is 11.6 Å². The number of halogens is 1. The quantitative estimate of drug-likeness (QED) is 0.727. The summed E-state index contributed by atoms with van der Waals surface area (Å²) < 4.78 is 0. The molecule has 2 aliphatic rings. The van der Waals surface area contributed by atoms with Gasteiger partial charge in [-0.2, -0.15) is 0 Å². The molecular formula is C14H20ClN3. The molecule has 0 amide bonds. The van der Waals surface area contributed by atoms with Crippen molar-refractivity contribution in [3.05, 3.63) is 17.0 Å². The zero-order valence-corrected chi connectivity index (χ0v) is 11.7. The molecule has 1 aromatic heterocycles. The zero-order valence-electron chi connectivity index (χ0n) is 10.9. The highest BCUT2D eigenvalue weighted by Crippen LogP contribution is 2.38. The van der Waals surface area contributed by atoms with Crippen LogP contribution in [0.1, 0.15) is 44.1 Å². The third kappa shape index (κ3) is 2.09. The monoisotopic (exact) mass is 265 g/mol. The van der Waals surface area contributed by atoms with Gasteiger partial charge in [-0.3, -0.25) is 0 Å². The number of nitrogens with zero attached hydrogens (tertiary/aromatic N) is 3. The fourth-order valence-electron chi connectivity index (χ4n) is 3.60. The normalized spacial score (nSPS) is 28.0. The summed E-state index contributed by atoms with van der Waals surface area (Å²) in [6.45, 7) is 3.15. The lowest BCUT2D eigenvalue weighted by Crippen LogP contribution is -2.47. The molecule has 1 aliphatic carbocycles. The molecule has 1 saturated carbocycles. The first kappa shape index (κ1) is 12.2. The van der Waals surface area contributed by atoms with Crippen molar-refractivity contribution in [1.82, 2.24) is 9.97 Å². The molecule has 1 aliphatic heterocycles. The van der Waals surface area contributed by atoms with E-state index in [-0.39, 0.29) is 0 Å². The molecule has 1 saturated heterocycles. The van der Waals surface area contributed by atoms with Crippen LogP contribution in [0, 0.1) is 12.8 Å². The molecule has 4 heteroatoms. The van der Waals surface area contributed by atoms with Crippen molar-refractivity contribution in [2.75, 3.05) is 11.4 Å². The molecule has 0 aromatic carbocycles. The van der Waals surface area contributed by atoms with Crippen LogP contribution < -0.4 is 4.90 Å². The Kier molecular flexibility index (Phi) is 3.42. The van der Waals surface area contributed by atoms with Gasteiger partial charge in [0.1, 0.15) is 17.3 Å². The molecule has 3 rings (SSSR count). The molecule has 2 fully saturated rings. The summed E-state index contributed by atoms with van der Waals surface area (Å²) in [7, 11) is 0.